The molecule has 5 nitrogen and oxygen atoms in total. The maximum atomic E-state index is 13.2. The zero-order chi connectivity index (χ0) is 13.5. The minimum Gasteiger partial charge on any atom is -0.395 e. The van der Waals surface area contributed by atoms with Gasteiger partial charge in [-0.15, -0.1) is 0 Å². The molecule has 0 saturated carbocycles. The third-order valence-electron chi connectivity index (χ3n) is 2.20. The minimum atomic E-state index is -0.500. The molecule has 0 unspecified atom stereocenters. The summed E-state index contributed by atoms with van der Waals surface area (Å²) < 4.78 is 13.5. The number of anilines is 1. The predicted molar refractivity (Wildman–Crippen MR) is 68.9 cm³/mol. The number of aliphatic hydroxyl groups excluding tert-OH is 2. The third-order valence-corrected chi connectivity index (χ3v) is 2.84. The van der Waals surface area contributed by atoms with E-state index in [1.807, 2.05) is 0 Å². The van der Waals surface area contributed by atoms with Crippen molar-refractivity contribution in [3.63, 3.8) is 0 Å². The molecule has 0 aliphatic carbocycles. The second-order valence-electron chi connectivity index (χ2n) is 3.49. The first-order chi connectivity index (χ1) is 8.58. The lowest BCUT2D eigenvalue weighted by atomic mass is 10.3. The van der Waals surface area contributed by atoms with E-state index in [-0.39, 0.29) is 26.3 Å². The second-order valence-corrected chi connectivity index (χ2v) is 4.35. The van der Waals surface area contributed by atoms with Gasteiger partial charge in [0.1, 0.15) is 5.82 Å². The highest BCUT2D eigenvalue weighted by atomic mass is 79.9. The van der Waals surface area contributed by atoms with Crippen LogP contribution in [0, 0.1) is 5.82 Å². The van der Waals surface area contributed by atoms with Crippen molar-refractivity contribution in [3.8, 4) is 0 Å². The highest BCUT2D eigenvalue weighted by Crippen LogP contribution is 2.19. The number of nitrogens with zero attached hydrogens (tertiary/aromatic N) is 1. The molecule has 0 bridgehead atoms. The van der Waals surface area contributed by atoms with E-state index < -0.39 is 11.8 Å². The first-order valence-electron chi connectivity index (χ1n) is 5.31. The fourth-order valence-corrected chi connectivity index (χ4v) is 1.58. The second kappa shape index (κ2) is 7.30. The molecule has 1 aromatic rings. The van der Waals surface area contributed by atoms with E-state index in [0.717, 1.165) is 0 Å². The summed E-state index contributed by atoms with van der Waals surface area (Å²) in [5, 5.41) is 20.1. The van der Waals surface area contributed by atoms with Gasteiger partial charge < -0.3 is 20.4 Å². The van der Waals surface area contributed by atoms with E-state index in [1.165, 1.54) is 17.0 Å². The van der Waals surface area contributed by atoms with Crippen LogP contribution in [0.15, 0.2) is 22.7 Å². The molecule has 0 atom stereocenters. The van der Waals surface area contributed by atoms with Gasteiger partial charge in [0.2, 0.25) is 0 Å². The Morgan fingerprint density at radius 2 is 1.94 bits per heavy atom. The Balaban J connectivity index is 2.69. The molecule has 3 N–H and O–H groups in total. The van der Waals surface area contributed by atoms with Gasteiger partial charge in [-0.05, 0) is 34.1 Å². The van der Waals surface area contributed by atoms with Gasteiger partial charge in [0.05, 0.1) is 17.7 Å². The summed E-state index contributed by atoms with van der Waals surface area (Å²) in [4.78, 5) is 13.0. The van der Waals surface area contributed by atoms with Gasteiger partial charge in [0, 0.05) is 18.8 Å². The van der Waals surface area contributed by atoms with E-state index in [2.05, 4.69) is 21.2 Å². The highest BCUT2D eigenvalue weighted by Gasteiger charge is 2.12. The number of aliphatic hydroxyl groups is 2. The van der Waals surface area contributed by atoms with Crippen LogP contribution in [0.25, 0.3) is 0 Å². The van der Waals surface area contributed by atoms with Crippen LogP contribution in [-0.2, 0) is 0 Å². The standard InChI is InChI=1S/C11H14BrFN2O3/c12-9-2-1-8(7-10(9)13)14-11(18)15(3-5-16)4-6-17/h1-2,7,16-17H,3-6H2,(H,14,18). The van der Waals surface area contributed by atoms with Crippen LogP contribution in [0.2, 0.25) is 0 Å². The van der Waals surface area contributed by atoms with Crippen LogP contribution in [0.5, 0.6) is 0 Å². The molecule has 0 radical (unpaired) electrons. The number of urea groups is 1. The Morgan fingerprint density at radius 3 is 2.44 bits per heavy atom. The molecule has 0 spiro atoms. The molecule has 1 rings (SSSR count). The molecule has 0 aliphatic rings. The van der Waals surface area contributed by atoms with Crippen LogP contribution < -0.4 is 5.32 Å². The molecule has 0 heterocycles. The smallest absolute Gasteiger partial charge is 0.322 e. The summed E-state index contributed by atoms with van der Waals surface area (Å²) in [6.45, 7) is -0.207. The van der Waals surface area contributed by atoms with Crippen LogP contribution in [0.1, 0.15) is 0 Å². The van der Waals surface area contributed by atoms with Crippen molar-refractivity contribution in [3.05, 3.63) is 28.5 Å². The van der Waals surface area contributed by atoms with Crippen molar-refractivity contribution in [1.82, 2.24) is 4.90 Å². The molecule has 100 valence electrons. The number of benzene rings is 1. The van der Waals surface area contributed by atoms with Gasteiger partial charge in [-0.3, -0.25) is 0 Å². The van der Waals surface area contributed by atoms with Gasteiger partial charge in [-0.2, -0.15) is 0 Å². The minimum absolute atomic E-state index is 0.103. The molecular formula is C11H14BrFN2O3. The lowest BCUT2D eigenvalue weighted by Crippen LogP contribution is -2.38. The molecule has 0 saturated heterocycles. The number of hydrogen-bond donors (Lipinski definition) is 3. The zero-order valence-corrected chi connectivity index (χ0v) is 11.2. The number of carbonyl (C=O) groups is 1. The summed E-state index contributed by atoms with van der Waals surface area (Å²) in [5.41, 5.74) is 0.307. The lowest BCUT2D eigenvalue weighted by Gasteiger charge is -2.21. The fraction of sp³-hybridized carbons (Fsp3) is 0.364. The third kappa shape index (κ3) is 4.25. The predicted octanol–water partition coefficient (Wildman–Crippen LogP) is 1.41. The first-order valence-corrected chi connectivity index (χ1v) is 6.10. The van der Waals surface area contributed by atoms with Crippen LogP contribution in [0.3, 0.4) is 0 Å². The Morgan fingerprint density at radius 1 is 1.33 bits per heavy atom. The van der Waals surface area contributed by atoms with E-state index in [4.69, 9.17) is 10.2 Å². The van der Waals surface area contributed by atoms with Crippen LogP contribution in [0.4, 0.5) is 14.9 Å². The molecule has 0 aliphatic heterocycles. The number of halogens is 2. The maximum Gasteiger partial charge on any atom is 0.322 e. The molecule has 0 aromatic heterocycles. The first kappa shape index (κ1) is 14.9. The maximum absolute atomic E-state index is 13.2. The molecule has 0 fully saturated rings. The number of nitrogens with one attached hydrogen (secondary N) is 1. The molecular weight excluding hydrogens is 307 g/mol. The summed E-state index contributed by atoms with van der Waals surface area (Å²) in [7, 11) is 0. The van der Waals surface area contributed by atoms with Gasteiger partial charge in [0.15, 0.2) is 0 Å². The van der Waals surface area contributed by atoms with E-state index in [0.29, 0.717) is 10.2 Å². The quantitative estimate of drug-likeness (QED) is 0.768. The van der Waals surface area contributed by atoms with E-state index in [1.54, 1.807) is 6.07 Å². The van der Waals surface area contributed by atoms with Crippen molar-refractivity contribution in [1.29, 1.82) is 0 Å². The van der Waals surface area contributed by atoms with Gasteiger partial charge in [-0.1, -0.05) is 0 Å². The fourth-order valence-electron chi connectivity index (χ4n) is 1.33. The summed E-state index contributed by atoms with van der Waals surface area (Å²) >= 11 is 3.01. The average molecular weight is 321 g/mol. The molecule has 2 amide bonds. The largest absolute Gasteiger partial charge is 0.395 e. The Kier molecular flexibility index (Phi) is 6.03. The van der Waals surface area contributed by atoms with Crippen molar-refractivity contribution in [2.24, 2.45) is 0 Å². The van der Waals surface area contributed by atoms with Crippen LogP contribution >= 0.6 is 15.9 Å². The molecule has 18 heavy (non-hydrogen) atoms. The Hall–Kier alpha value is -1.18. The van der Waals surface area contributed by atoms with Gasteiger partial charge in [-0.25, -0.2) is 9.18 Å². The topological polar surface area (TPSA) is 72.8 Å². The highest BCUT2D eigenvalue weighted by molar-refractivity contribution is 9.10. The van der Waals surface area contributed by atoms with Crippen LogP contribution in [-0.4, -0.2) is 47.4 Å². The van der Waals surface area contributed by atoms with Crippen molar-refractivity contribution < 1.29 is 19.4 Å². The SMILES string of the molecule is O=C(Nc1ccc(Br)c(F)c1)N(CCO)CCO. The summed E-state index contributed by atoms with van der Waals surface area (Å²) in [5.74, 6) is -0.483. The summed E-state index contributed by atoms with van der Waals surface area (Å²) in [6.07, 6.45) is 0. The zero-order valence-electron chi connectivity index (χ0n) is 9.57. The Bertz CT molecular complexity index is 411. The normalized spacial score (nSPS) is 10.2. The van der Waals surface area contributed by atoms with Crippen molar-refractivity contribution >= 4 is 27.6 Å². The monoisotopic (exact) mass is 320 g/mol. The number of amides is 2. The van der Waals surface area contributed by atoms with Gasteiger partial charge >= 0.3 is 6.03 Å². The number of rotatable bonds is 5. The molecule has 7 heteroatoms. The summed E-state index contributed by atoms with van der Waals surface area (Å²) in [6, 6.07) is 3.70. The lowest BCUT2D eigenvalue weighted by molar-refractivity contribution is 0.167. The Labute approximate surface area is 112 Å². The average Bonchev–Trinajstić information content (AvgIpc) is 2.33. The van der Waals surface area contributed by atoms with Crippen molar-refractivity contribution in [2.75, 3.05) is 31.6 Å². The van der Waals surface area contributed by atoms with Crippen molar-refractivity contribution in [2.45, 2.75) is 0 Å². The molecule has 1 aromatic carbocycles. The van der Waals surface area contributed by atoms with Gasteiger partial charge in [0.25, 0.3) is 0 Å². The number of carbonyl (C=O) groups excluding carboxylic acids is 1. The number of hydrogen-bond acceptors (Lipinski definition) is 3. The van der Waals surface area contributed by atoms with E-state index >= 15 is 0 Å². The van der Waals surface area contributed by atoms with E-state index in [9.17, 15) is 9.18 Å².